The molecule has 0 spiro atoms. The van der Waals surface area contributed by atoms with E-state index in [1.165, 1.54) is 11.4 Å². The van der Waals surface area contributed by atoms with Crippen LogP contribution < -0.4 is 9.04 Å². The molecule has 0 N–H and O–H groups in total. The minimum atomic E-state index is -3.66. The normalized spacial score (nSPS) is 11.2. The molecule has 0 atom stereocenters. The van der Waals surface area contributed by atoms with Crippen LogP contribution in [0.2, 0.25) is 0 Å². The lowest BCUT2D eigenvalue weighted by atomic mass is 10.2. The molecule has 0 amide bonds. The number of aryl methyl sites for hydroxylation is 1. The third-order valence-electron chi connectivity index (χ3n) is 3.21. The molecule has 0 saturated carbocycles. The van der Waals surface area contributed by atoms with Gasteiger partial charge in [-0.05, 0) is 43.7 Å². The van der Waals surface area contributed by atoms with Crippen LogP contribution in [0.3, 0.4) is 0 Å². The Morgan fingerprint density at radius 1 is 1.10 bits per heavy atom. The second kappa shape index (κ2) is 6.18. The Bertz CT molecular complexity index is 726. The highest BCUT2D eigenvalue weighted by atomic mass is 32.2. The van der Waals surface area contributed by atoms with Crippen LogP contribution in [0.5, 0.6) is 5.75 Å². The van der Waals surface area contributed by atoms with Crippen LogP contribution in [0, 0.1) is 6.92 Å². The van der Waals surface area contributed by atoms with E-state index in [4.69, 9.17) is 4.74 Å². The van der Waals surface area contributed by atoms with Crippen LogP contribution in [0.4, 0.5) is 5.69 Å². The van der Waals surface area contributed by atoms with Crippen LogP contribution >= 0.6 is 0 Å². The highest BCUT2D eigenvalue weighted by Crippen LogP contribution is 2.29. The molecular formula is C16H19NO3S. The quantitative estimate of drug-likeness (QED) is 0.852. The van der Waals surface area contributed by atoms with Gasteiger partial charge in [-0.3, -0.25) is 4.31 Å². The van der Waals surface area contributed by atoms with Gasteiger partial charge in [0, 0.05) is 6.54 Å². The fraction of sp³-hybridized carbons (Fsp3) is 0.250. The first kappa shape index (κ1) is 15.4. The smallest absolute Gasteiger partial charge is 0.268 e. The number of nitrogens with zero attached hydrogens (tertiary/aromatic N) is 1. The summed E-state index contributed by atoms with van der Waals surface area (Å²) < 4.78 is 32.4. The van der Waals surface area contributed by atoms with Gasteiger partial charge in [0.25, 0.3) is 10.0 Å². The maximum absolute atomic E-state index is 12.9. The Morgan fingerprint density at radius 2 is 1.81 bits per heavy atom. The number of para-hydroxylation sites is 1. The lowest BCUT2D eigenvalue weighted by Gasteiger charge is -2.24. The lowest BCUT2D eigenvalue weighted by molar-refractivity contribution is 0.402. The van der Waals surface area contributed by atoms with Gasteiger partial charge in [0.15, 0.2) is 0 Å². The maximum Gasteiger partial charge on any atom is 0.268 e. The number of ether oxygens (including phenoxy) is 1. The summed E-state index contributed by atoms with van der Waals surface area (Å²) in [5.41, 5.74) is 1.67. The molecule has 0 aliphatic rings. The number of hydrogen-bond donors (Lipinski definition) is 0. The lowest BCUT2D eigenvalue weighted by Crippen LogP contribution is -2.31. The van der Waals surface area contributed by atoms with Crippen molar-refractivity contribution in [1.82, 2.24) is 0 Å². The first-order valence-corrected chi connectivity index (χ1v) is 8.17. The summed E-state index contributed by atoms with van der Waals surface area (Å²) in [5, 5.41) is 0. The third-order valence-corrected chi connectivity index (χ3v) is 5.16. The van der Waals surface area contributed by atoms with Gasteiger partial charge < -0.3 is 4.74 Å². The molecule has 0 heterocycles. The zero-order valence-corrected chi connectivity index (χ0v) is 13.2. The van der Waals surface area contributed by atoms with Gasteiger partial charge in [-0.25, -0.2) is 8.42 Å². The molecule has 0 aliphatic heterocycles. The number of sulfonamides is 1. The summed E-state index contributed by atoms with van der Waals surface area (Å²) >= 11 is 0. The average molecular weight is 305 g/mol. The van der Waals surface area contributed by atoms with E-state index in [9.17, 15) is 8.42 Å². The van der Waals surface area contributed by atoms with E-state index in [-0.39, 0.29) is 4.90 Å². The predicted molar refractivity (Wildman–Crippen MR) is 84.4 cm³/mol. The summed E-state index contributed by atoms with van der Waals surface area (Å²) in [5.74, 6) is 0.351. The van der Waals surface area contributed by atoms with Gasteiger partial charge in [0.2, 0.25) is 0 Å². The fourth-order valence-corrected chi connectivity index (χ4v) is 3.85. The molecule has 4 nitrogen and oxygen atoms in total. The van der Waals surface area contributed by atoms with Gasteiger partial charge >= 0.3 is 0 Å². The molecule has 0 unspecified atom stereocenters. The Balaban J connectivity index is 2.55. The second-order valence-corrected chi connectivity index (χ2v) is 6.49. The van der Waals surface area contributed by atoms with Gasteiger partial charge in [-0.1, -0.05) is 24.3 Å². The molecule has 0 saturated heterocycles. The van der Waals surface area contributed by atoms with Crippen LogP contribution in [-0.4, -0.2) is 22.1 Å². The average Bonchev–Trinajstić information content (AvgIpc) is 2.47. The summed E-state index contributed by atoms with van der Waals surface area (Å²) in [7, 11) is -2.19. The predicted octanol–water partition coefficient (Wildman–Crippen LogP) is 3.22. The Labute approximate surface area is 126 Å². The number of methoxy groups -OCH3 is 1. The van der Waals surface area contributed by atoms with Crippen molar-refractivity contribution in [2.24, 2.45) is 0 Å². The largest absolute Gasteiger partial charge is 0.495 e. The minimum absolute atomic E-state index is 0.177. The molecule has 2 rings (SSSR count). The van der Waals surface area contributed by atoms with E-state index >= 15 is 0 Å². The first-order valence-electron chi connectivity index (χ1n) is 6.73. The van der Waals surface area contributed by atoms with Crippen LogP contribution in [0.25, 0.3) is 0 Å². The van der Waals surface area contributed by atoms with Crippen molar-refractivity contribution in [2.75, 3.05) is 18.0 Å². The van der Waals surface area contributed by atoms with E-state index in [1.807, 2.05) is 32.0 Å². The van der Waals surface area contributed by atoms with Crippen molar-refractivity contribution in [2.45, 2.75) is 18.7 Å². The van der Waals surface area contributed by atoms with Crippen molar-refractivity contribution in [1.29, 1.82) is 0 Å². The minimum Gasteiger partial charge on any atom is -0.495 e. The molecule has 0 radical (unpaired) electrons. The Hall–Kier alpha value is -2.01. The zero-order valence-electron chi connectivity index (χ0n) is 12.4. The van der Waals surface area contributed by atoms with Gasteiger partial charge in [-0.15, -0.1) is 0 Å². The fourth-order valence-electron chi connectivity index (χ4n) is 2.23. The Morgan fingerprint density at radius 3 is 2.43 bits per heavy atom. The Kier molecular flexibility index (Phi) is 4.53. The van der Waals surface area contributed by atoms with Crippen molar-refractivity contribution >= 4 is 15.7 Å². The molecule has 0 bridgehead atoms. The standard InChI is InChI=1S/C16H19NO3S/c1-4-17(14-9-7-8-13(2)12-14)21(18,19)16-11-6-5-10-15(16)20-3/h5-12H,4H2,1-3H3. The van der Waals surface area contributed by atoms with Crippen molar-refractivity contribution in [3.63, 3.8) is 0 Å². The van der Waals surface area contributed by atoms with E-state index in [0.29, 0.717) is 18.0 Å². The molecular weight excluding hydrogens is 286 g/mol. The van der Waals surface area contributed by atoms with Gasteiger partial charge in [-0.2, -0.15) is 0 Å². The summed E-state index contributed by atoms with van der Waals surface area (Å²) in [6.45, 7) is 4.10. The summed E-state index contributed by atoms with van der Waals surface area (Å²) in [6.07, 6.45) is 0. The van der Waals surface area contributed by atoms with E-state index in [2.05, 4.69) is 0 Å². The summed E-state index contributed by atoms with van der Waals surface area (Å²) in [6, 6.07) is 14.1. The van der Waals surface area contributed by atoms with Crippen molar-refractivity contribution in [3.8, 4) is 5.75 Å². The monoisotopic (exact) mass is 305 g/mol. The SMILES string of the molecule is CCN(c1cccc(C)c1)S(=O)(=O)c1ccccc1OC. The molecule has 2 aromatic rings. The zero-order chi connectivity index (χ0) is 15.5. The number of benzene rings is 2. The van der Waals surface area contributed by atoms with Crippen LogP contribution in [-0.2, 0) is 10.0 Å². The molecule has 5 heteroatoms. The van der Waals surface area contributed by atoms with Crippen molar-refractivity contribution < 1.29 is 13.2 Å². The second-order valence-electron chi connectivity index (χ2n) is 4.66. The highest BCUT2D eigenvalue weighted by Gasteiger charge is 2.26. The molecule has 112 valence electrons. The van der Waals surface area contributed by atoms with Crippen LogP contribution in [0.1, 0.15) is 12.5 Å². The number of anilines is 1. The summed E-state index contributed by atoms with van der Waals surface area (Å²) in [4.78, 5) is 0.177. The van der Waals surface area contributed by atoms with Crippen LogP contribution in [0.15, 0.2) is 53.4 Å². The molecule has 0 aliphatic carbocycles. The number of rotatable bonds is 5. The molecule has 0 aromatic heterocycles. The van der Waals surface area contributed by atoms with E-state index in [0.717, 1.165) is 5.56 Å². The topological polar surface area (TPSA) is 46.6 Å². The molecule has 2 aromatic carbocycles. The molecule has 21 heavy (non-hydrogen) atoms. The van der Waals surface area contributed by atoms with E-state index < -0.39 is 10.0 Å². The first-order chi connectivity index (χ1) is 10.0. The third kappa shape index (κ3) is 3.03. The van der Waals surface area contributed by atoms with Crippen molar-refractivity contribution in [3.05, 3.63) is 54.1 Å². The van der Waals surface area contributed by atoms with Gasteiger partial charge in [0.05, 0.1) is 12.8 Å². The van der Waals surface area contributed by atoms with E-state index in [1.54, 1.807) is 30.3 Å². The maximum atomic E-state index is 12.9. The van der Waals surface area contributed by atoms with Gasteiger partial charge in [0.1, 0.15) is 10.6 Å². The highest BCUT2D eigenvalue weighted by molar-refractivity contribution is 7.93. The molecule has 0 fully saturated rings. The number of hydrogen-bond acceptors (Lipinski definition) is 3.